The van der Waals surface area contributed by atoms with Gasteiger partial charge >= 0.3 is 11.9 Å². The third-order valence-electron chi connectivity index (χ3n) is 9.00. The van der Waals surface area contributed by atoms with Gasteiger partial charge in [0.05, 0.1) is 42.2 Å². The average Bonchev–Trinajstić information content (AvgIpc) is 3.66. The molecule has 0 N–H and O–H groups in total. The molecular weight excluding hydrogens is 679 g/mol. The van der Waals surface area contributed by atoms with Crippen LogP contribution < -0.4 is 24.4 Å². The smallest absolute Gasteiger partial charge is 0.343 e. The standard InChI is InChI=1S/C41H37N3O7S/c1-5-49-34-20-27(18-19-33(34)51-24-36(45)48-4)38-37(40(47)50-6-2)25(3)42-41-44(38)39(46)35(52-41)21-29-23-43(32-17-10-9-16-31(29)32)22-28-14-11-13-26-12-7-8-15-30(26)28/h7-21,23,38H,5-6,22,24H2,1-4H3/b35-21+/t38-/m0/s1. The van der Waals surface area contributed by atoms with Crippen LogP contribution >= 0.6 is 11.3 Å². The Morgan fingerprint density at radius 3 is 2.46 bits per heavy atom. The van der Waals surface area contributed by atoms with Gasteiger partial charge in [0.25, 0.3) is 5.56 Å². The molecule has 6 aromatic rings. The molecule has 0 spiro atoms. The first-order valence-corrected chi connectivity index (χ1v) is 17.8. The van der Waals surface area contributed by atoms with E-state index in [1.165, 1.54) is 34.8 Å². The van der Waals surface area contributed by atoms with Crippen molar-refractivity contribution in [3.8, 4) is 11.5 Å². The van der Waals surface area contributed by atoms with Gasteiger partial charge in [-0.1, -0.05) is 78.1 Å². The van der Waals surface area contributed by atoms with Crippen molar-refractivity contribution in [1.82, 2.24) is 9.13 Å². The number of thiazole rings is 1. The molecule has 0 saturated carbocycles. The van der Waals surface area contributed by atoms with E-state index in [9.17, 15) is 14.4 Å². The Kier molecular flexibility index (Phi) is 9.78. The van der Waals surface area contributed by atoms with Crippen molar-refractivity contribution < 1.29 is 28.5 Å². The van der Waals surface area contributed by atoms with Crippen molar-refractivity contribution in [2.75, 3.05) is 26.9 Å². The van der Waals surface area contributed by atoms with Gasteiger partial charge in [-0.2, -0.15) is 0 Å². The summed E-state index contributed by atoms with van der Waals surface area (Å²) in [5.74, 6) is -0.438. The highest BCUT2D eigenvalue weighted by molar-refractivity contribution is 7.07. The first-order valence-electron chi connectivity index (χ1n) is 17.0. The lowest BCUT2D eigenvalue weighted by Gasteiger charge is -2.25. The van der Waals surface area contributed by atoms with Gasteiger partial charge in [-0.25, -0.2) is 14.6 Å². The lowest BCUT2D eigenvalue weighted by atomic mass is 9.95. The molecule has 3 heterocycles. The molecule has 0 fully saturated rings. The molecule has 11 heteroatoms. The van der Waals surface area contributed by atoms with Crippen LogP contribution in [0.4, 0.5) is 0 Å². The number of carbonyl (C=O) groups is 2. The van der Waals surface area contributed by atoms with Gasteiger partial charge in [-0.05, 0) is 66.9 Å². The topological polar surface area (TPSA) is 110 Å². The number of para-hydroxylation sites is 1. The maximum atomic E-state index is 14.5. The van der Waals surface area contributed by atoms with Crippen LogP contribution in [0.25, 0.3) is 27.8 Å². The molecule has 1 atom stereocenters. The molecule has 0 aliphatic carbocycles. The second-order valence-corrected chi connectivity index (χ2v) is 13.2. The quantitative estimate of drug-likeness (QED) is 0.154. The minimum Gasteiger partial charge on any atom is -0.490 e. The van der Waals surface area contributed by atoms with Gasteiger partial charge < -0.3 is 23.5 Å². The molecule has 2 aromatic heterocycles. The highest BCUT2D eigenvalue weighted by Gasteiger charge is 2.34. The second-order valence-electron chi connectivity index (χ2n) is 12.2. The highest BCUT2D eigenvalue weighted by atomic mass is 32.1. The highest BCUT2D eigenvalue weighted by Crippen LogP contribution is 2.36. The van der Waals surface area contributed by atoms with E-state index in [0.29, 0.717) is 45.2 Å². The Balaban J connectivity index is 1.35. The van der Waals surface area contributed by atoms with E-state index < -0.39 is 18.0 Å². The Hall–Kier alpha value is -5.94. The number of nitrogens with zero attached hydrogens (tertiary/aromatic N) is 3. The number of esters is 2. The number of benzene rings is 4. The molecule has 0 bridgehead atoms. The average molecular weight is 716 g/mol. The molecule has 52 heavy (non-hydrogen) atoms. The largest absolute Gasteiger partial charge is 0.490 e. The van der Waals surface area contributed by atoms with E-state index in [2.05, 4.69) is 59.3 Å². The molecule has 1 aliphatic heterocycles. The molecule has 1 aliphatic rings. The summed E-state index contributed by atoms with van der Waals surface area (Å²) >= 11 is 1.27. The summed E-state index contributed by atoms with van der Waals surface area (Å²) in [6.45, 7) is 6.11. The summed E-state index contributed by atoms with van der Waals surface area (Å²) in [5.41, 5.74) is 4.13. The number of methoxy groups -OCH3 is 1. The fourth-order valence-corrected chi connectivity index (χ4v) is 7.70. The predicted octanol–water partition coefficient (Wildman–Crippen LogP) is 5.91. The predicted molar refractivity (Wildman–Crippen MR) is 201 cm³/mol. The van der Waals surface area contributed by atoms with Crippen molar-refractivity contribution in [2.45, 2.75) is 33.4 Å². The summed E-state index contributed by atoms with van der Waals surface area (Å²) in [5, 5.41) is 3.39. The molecule has 0 unspecified atom stereocenters. The summed E-state index contributed by atoms with van der Waals surface area (Å²) in [7, 11) is 1.28. The van der Waals surface area contributed by atoms with Crippen molar-refractivity contribution >= 4 is 51.0 Å². The van der Waals surface area contributed by atoms with E-state index in [4.69, 9.17) is 23.9 Å². The minimum atomic E-state index is -0.862. The van der Waals surface area contributed by atoms with Crippen molar-refractivity contribution in [2.24, 2.45) is 4.99 Å². The first kappa shape index (κ1) is 34.5. The molecule has 10 nitrogen and oxygen atoms in total. The van der Waals surface area contributed by atoms with Gasteiger partial charge in [0, 0.05) is 29.2 Å². The van der Waals surface area contributed by atoms with Crippen LogP contribution in [0.2, 0.25) is 0 Å². The molecular formula is C41H37N3O7S. The molecule has 264 valence electrons. The Bertz CT molecular complexity index is 2560. The van der Waals surface area contributed by atoms with Crippen LogP contribution in [0, 0.1) is 0 Å². The number of fused-ring (bicyclic) bond motifs is 3. The maximum Gasteiger partial charge on any atom is 0.343 e. The Morgan fingerprint density at radius 1 is 0.904 bits per heavy atom. The van der Waals surface area contributed by atoms with Gasteiger partial charge in [0.1, 0.15) is 0 Å². The lowest BCUT2D eigenvalue weighted by molar-refractivity contribution is -0.143. The van der Waals surface area contributed by atoms with Crippen LogP contribution in [0.5, 0.6) is 11.5 Å². The fourth-order valence-electron chi connectivity index (χ4n) is 6.66. The summed E-state index contributed by atoms with van der Waals surface area (Å²) in [4.78, 5) is 45.0. The second kappa shape index (κ2) is 14.7. The van der Waals surface area contributed by atoms with Crippen LogP contribution in [0.3, 0.4) is 0 Å². The Morgan fingerprint density at radius 2 is 1.67 bits per heavy atom. The summed E-state index contributed by atoms with van der Waals surface area (Å²) in [6, 6.07) is 27.1. The van der Waals surface area contributed by atoms with Crippen molar-refractivity contribution in [3.63, 3.8) is 0 Å². The fraction of sp³-hybridized carbons (Fsp3) is 0.220. The summed E-state index contributed by atoms with van der Waals surface area (Å²) < 4.78 is 26.0. The van der Waals surface area contributed by atoms with Crippen molar-refractivity contribution in [1.29, 1.82) is 0 Å². The van der Waals surface area contributed by atoms with E-state index >= 15 is 0 Å². The zero-order valence-corrected chi connectivity index (χ0v) is 30.1. The normalized spacial score (nSPS) is 14.3. The van der Waals surface area contributed by atoms with Gasteiger partial charge in [-0.15, -0.1) is 0 Å². The SMILES string of the molecule is CCOC(=O)C1=C(C)N=c2s/c(=C/c3cn(Cc4cccc5ccccc45)c4ccccc34)c(=O)n2[C@H]1c1ccc(OCC(=O)OC)c(OCC)c1. The molecule has 4 aromatic carbocycles. The van der Waals surface area contributed by atoms with Crippen LogP contribution in [0.15, 0.2) is 112 Å². The number of carbonyl (C=O) groups excluding carboxylic acids is 2. The van der Waals surface area contributed by atoms with Crippen LogP contribution in [-0.2, 0) is 25.6 Å². The van der Waals surface area contributed by atoms with E-state index in [1.54, 1.807) is 36.6 Å². The zero-order valence-electron chi connectivity index (χ0n) is 29.3. The molecule has 0 radical (unpaired) electrons. The third-order valence-corrected chi connectivity index (χ3v) is 9.98. The maximum absolute atomic E-state index is 14.5. The monoisotopic (exact) mass is 715 g/mol. The van der Waals surface area contributed by atoms with E-state index in [1.807, 2.05) is 31.2 Å². The number of rotatable bonds is 11. The first-order chi connectivity index (χ1) is 25.3. The zero-order chi connectivity index (χ0) is 36.4. The number of aromatic nitrogens is 2. The lowest BCUT2D eigenvalue weighted by Crippen LogP contribution is -2.40. The van der Waals surface area contributed by atoms with Gasteiger partial charge in [0.2, 0.25) is 0 Å². The number of hydrogen-bond acceptors (Lipinski definition) is 9. The number of hydrogen-bond donors (Lipinski definition) is 0. The van der Waals surface area contributed by atoms with E-state index in [0.717, 1.165) is 16.5 Å². The molecule has 0 saturated heterocycles. The van der Waals surface area contributed by atoms with E-state index in [-0.39, 0.29) is 24.3 Å². The Labute approximate surface area is 303 Å². The molecule has 0 amide bonds. The van der Waals surface area contributed by atoms with Crippen molar-refractivity contribution in [3.05, 3.63) is 139 Å². The van der Waals surface area contributed by atoms with Gasteiger partial charge in [0.15, 0.2) is 22.9 Å². The number of allylic oxidation sites excluding steroid dienone is 1. The van der Waals surface area contributed by atoms with Crippen LogP contribution in [0.1, 0.15) is 43.5 Å². The number of ether oxygens (including phenoxy) is 4. The third kappa shape index (κ3) is 6.51. The van der Waals surface area contributed by atoms with Crippen LogP contribution in [-0.4, -0.2) is 48.0 Å². The van der Waals surface area contributed by atoms with Gasteiger partial charge in [-0.3, -0.25) is 9.36 Å². The molecule has 7 rings (SSSR count). The minimum absolute atomic E-state index is 0.153. The summed E-state index contributed by atoms with van der Waals surface area (Å²) in [6.07, 6.45) is 3.99.